The lowest BCUT2D eigenvalue weighted by Gasteiger charge is -2.19. The van der Waals surface area contributed by atoms with Crippen LogP contribution in [0.15, 0.2) is 36.4 Å². The first-order chi connectivity index (χ1) is 8.65. The van der Waals surface area contributed by atoms with Gasteiger partial charge in [0, 0.05) is 10.7 Å². The number of benzene rings is 2. The number of halogens is 2. The summed E-state index contributed by atoms with van der Waals surface area (Å²) in [5.74, 6) is -0.323. The molecule has 4 heteroatoms. The molecule has 0 aliphatic rings. The van der Waals surface area contributed by atoms with Crippen LogP contribution in [0.3, 0.4) is 0 Å². The lowest BCUT2D eigenvalue weighted by molar-refractivity contribution is 0.0182. The van der Waals surface area contributed by atoms with E-state index in [2.05, 4.69) is 15.9 Å². The molecule has 2 aromatic rings. The van der Waals surface area contributed by atoms with Crippen LogP contribution in [-0.4, -0.2) is 21.6 Å². The smallest absolute Gasteiger partial charge is 0.131 e. The van der Waals surface area contributed by atoms with E-state index in [1.807, 2.05) is 0 Å². The first kappa shape index (κ1) is 13.5. The molecule has 0 heterocycles. The van der Waals surface area contributed by atoms with E-state index in [1.54, 1.807) is 24.3 Å². The minimum Gasteiger partial charge on any atom is -0.390 e. The van der Waals surface area contributed by atoms with Crippen molar-refractivity contribution in [3.63, 3.8) is 0 Å². The molecule has 2 nitrogen and oxygen atoms in total. The maximum absolute atomic E-state index is 13.6. The first-order valence-electron chi connectivity index (χ1n) is 5.74. The molecule has 2 atom stereocenters. The Bertz CT molecular complexity index is 544. The summed E-state index contributed by atoms with van der Waals surface area (Å²) in [6, 6.07) is 9.79. The zero-order chi connectivity index (χ0) is 13.1. The quantitative estimate of drug-likeness (QED) is 0.851. The van der Waals surface area contributed by atoms with Gasteiger partial charge in [-0.2, -0.15) is 0 Å². The molecule has 2 aromatic carbocycles. The Morgan fingerprint density at radius 2 is 1.72 bits per heavy atom. The van der Waals surface area contributed by atoms with Crippen LogP contribution in [0.2, 0.25) is 0 Å². The summed E-state index contributed by atoms with van der Waals surface area (Å²) in [6.07, 6.45) is -1.43. The number of hydrogen-bond donors (Lipinski definition) is 2. The topological polar surface area (TPSA) is 40.5 Å². The molecule has 96 valence electrons. The highest BCUT2D eigenvalue weighted by molar-refractivity contribution is 9.09. The lowest BCUT2D eigenvalue weighted by atomic mass is 9.96. The van der Waals surface area contributed by atoms with Gasteiger partial charge >= 0.3 is 0 Å². The maximum Gasteiger partial charge on any atom is 0.131 e. The van der Waals surface area contributed by atoms with Crippen LogP contribution in [0.1, 0.15) is 18.1 Å². The number of aliphatic hydroxyl groups excluding tert-OH is 2. The van der Waals surface area contributed by atoms with Crippen molar-refractivity contribution in [1.82, 2.24) is 0 Å². The molecular formula is C14H14BrFO2. The Balaban J connectivity index is 2.48. The first-order valence-corrected chi connectivity index (χ1v) is 6.86. The standard InChI is InChI=1S/C14H14BrFO2/c15-8-7-13(17)14(18)11-5-6-12(16)10-4-2-1-3-9(10)11/h1-6,13-14,17-18H,7-8H2. The van der Waals surface area contributed by atoms with Gasteiger partial charge in [0.25, 0.3) is 0 Å². The molecule has 2 rings (SSSR count). The maximum atomic E-state index is 13.6. The fourth-order valence-corrected chi connectivity index (χ4v) is 2.49. The van der Waals surface area contributed by atoms with E-state index in [4.69, 9.17) is 0 Å². The number of fused-ring (bicyclic) bond motifs is 1. The molecule has 0 aliphatic carbocycles. The molecule has 2 N–H and O–H groups in total. The Labute approximate surface area is 113 Å². The van der Waals surface area contributed by atoms with Gasteiger partial charge in [-0.05, 0) is 23.4 Å². The zero-order valence-corrected chi connectivity index (χ0v) is 11.3. The number of hydrogen-bond acceptors (Lipinski definition) is 2. The third-order valence-corrected chi connectivity index (χ3v) is 3.45. The molecule has 18 heavy (non-hydrogen) atoms. The van der Waals surface area contributed by atoms with Crippen LogP contribution in [0, 0.1) is 5.82 Å². The van der Waals surface area contributed by atoms with Gasteiger partial charge in [0.1, 0.15) is 11.9 Å². The number of rotatable bonds is 4. The number of aliphatic hydroxyl groups is 2. The fourth-order valence-electron chi connectivity index (χ4n) is 2.02. The van der Waals surface area contributed by atoms with Crippen molar-refractivity contribution < 1.29 is 14.6 Å². The van der Waals surface area contributed by atoms with Gasteiger partial charge in [-0.1, -0.05) is 46.3 Å². The zero-order valence-electron chi connectivity index (χ0n) is 9.68. The van der Waals surface area contributed by atoms with Gasteiger partial charge in [-0.25, -0.2) is 4.39 Å². The molecule has 0 aliphatic heterocycles. The van der Waals surface area contributed by atoms with Gasteiger partial charge in [0.2, 0.25) is 0 Å². The van der Waals surface area contributed by atoms with E-state index >= 15 is 0 Å². The van der Waals surface area contributed by atoms with Crippen LogP contribution in [0.5, 0.6) is 0 Å². The average molecular weight is 313 g/mol. The summed E-state index contributed by atoms with van der Waals surface area (Å²) in [4.78, 5) is 0. The van der Waals surface area contributed by atoms with Crippen molar-refractivity contribution >= 4 is 26.7 Å². The van der Waals surface area contributed by atoms with Crippen LogP contribution in [-0.2, 0) is 0 Å². The van der Waals surface area contributed by atoms with E-state index in [0.717, 1.165) is 0 Å². The summed E-state index contributed by atoms with van der Waals surface area (Å²) in [6.45, 7) is 0. The monoisotopic (exact) mass is 312 g/mol. The van der Waals surface area contributed by atoms with Gasteiger partial charge < -0.3 is 10.2 Å². The van der Waals surface area contributed by atoms with Crippen molar-refractivity contribution in [3.8, 4) is 0 Å². The van der Waals surface area contributed by atoms with Crippen LogP contribution >= 0.6 is 15.9 Å². The van der Waals surface area contributed by atoms with Crippen molar-refractivity contribution in [2.45, 2.75) is 18.6 Å². The van der Waals surface area contributed by atoms with E-state index in [-0.39, 0.29) is 5.82 Å². The second kappa shape index (κ2) is 5.78. The third kappa shape index (κ3) is 2.55. The van der Waals surface area contributed by atoms with E-state index in [0.29, 0.717) is 28.1 Å². The van der Waals surface area contributed by atoms with E-state index in [1.165, 1.54) is 12.1 Å². The molecular weight excluding hydrogens is 299 g/mol. The summed E-state index contributed by atoms with van der Waals surface area (Å²) in [5, 5.41) is 21.6. The van der Waals surface area contributed by atoms with E-state index in [9.17, 15) is 14.6 Å². The lowest BCUT2D eigenvalue weighted by Crippen LogP contribution is -2.19. The van der Waals surface area contributed by atoms with Crippen molar-refractivity contribution in [2.24, 2.45) is 0 Å². The molecule has 0 saturated carbocycles. The fraction of sp³-hybridized carbons (Fsp3) is 0.286. The summed E-state index contributed by atoms with van der Waals surface area (Å²) in [7, 11) is 0. The van der Waals surface area contributed by atoms with Crippen molar-refractivity contribution in [3.05, 3.63) is 47.8 Å². The SMILES string of the molecule is OC(CCBr)C(O)c1ccc(F)c2ccccc12. The highest BCUT2D eigenvalue weighted by atomic mass is 79.9. The molecule has 0 amide bonds. The van der Waals surface area contributed by atoms with Crippen LogP contribution in [0.4, 0.5) is 4.39 Å². The predicted octanol–water partition coefficient (Wildman–Crippen LogP) is 3.16. The van der Waals surface area contributed by atoms with Gasteiger partial charge in [-0.15, -0.1) is 0 Å². The molecule has 2 unspecified atom stereocenters. The normalized spacial score (nSPS) is 14.7. The molecule has 0 saturated heterocycles. The van der Waals surface area contributed by atoms with Gasteiger partial charge in [0.15, 0.2) is 0 Å². The second-order valence-electron chi connectivity index (χ2n) is 4.17. The Morgan fingerprint density at radius 1 is 1.06 bits per heavy atom. The predicted molar refractivity (Wildman–Crippen MR) is 73.3 cm³/mol. The van der Waals surface area contributed by atoms with Crippen LogP contribution < -0.4 is 0 Å². The number of alkyl halides is 1. The summed E-state index contributed by atoms with van der Waals surface area (Å²) < 4.78 is 13.6. The largest absolute Gasteiger partial charge is 0.390 e. The summed E-state index contributed by atoms with van der Waals surface area (Å²) in [5.41, 5.74) is 0.556. The van der Waals surface area contributed by atoms with Crippen molar-refractivity contribution in [2.75, 3.05) is 5.33 Å². The minimum absolute atomic E-state index is 0.323. The Hall–Kier alpha value is -0.970. The highest BCUT2D eigenvalue weighted by Crippen LogP contribution is 2.29. The third-order valence-electron chi connectivity index (χ3n) is 2.99. The highest BCUT2D eigenvalue weighted by Gasteiger charge is 2.20. The molecule has 0 fully saturated rings. The molecule has 0 aromatic heterocycles. The Morgan fingerprint density at radius 3 is 2.39 bits per heavy atom. The minimum atomic E-state index is -1.01. The molecule has 0 radical (unpaired) electrons. The van der Waals surface area contributed by atoms with E-state index < -0.39 is 12.2 Å². The molecule has 0 spiro atoms. The van der Waals surface area contributed by atoms with Crippen molar-refractivity contribution in [1.29, 1.82) is 0 Å². The Kier molecular flexibility index (Phi) is 4.32. The average Bonchev–Trinajstić information content (AvgIpc) is 2.39. The van der Waals surface area contributed by atoms with Gasteiger partial charge in [0.05, 0.1) is 6.10 Å². The second-order valence-corrected chi connectivity index (χ2v) is 4.97. The molecule has 0 bridgehead atoms. The summed E-state index contributed by atoms with van der Waals surface area (Å²) >= 11 is 3.22. The van der Waals surface area contributed by atoms with Gasteiger partial charge in [-0.3, -0.25) is 0 Å². The van der Waals surface area contributed by atoms with Crippen LogP contribution in [0.25, 0.3) is 10.8 Å².